The number of unbranched alkanes of at least 4 members (excludes halogenated alkanes) is 1. The molecule has 0 saturated carbocycles. The summed E-state index contributed by atoms with van der Waals surface area (Å²) < 4.78 is 16.7. The largest absolute Gasteiger partial charge is 0.469 e. The Morgan fingerprint density at radius 1 is 1.19 bits per heavy atom. The first kappa shape index (κ1) is 26.1. The number of piperidine rings is 1. The lowest BCUT2D eigenvalue weighted by atomic mass is 9.69. The van der Waals surface area contributed by atoms with E-state index in [2.05, 4.69) is 40.8 Å². The minimum Gasteiger partial charge on any atom is -0.469 e. The Hall–Kier alpha value is -1.12. The van der Waals surface area contributed by atoms with Crippen molar-refractivity contribution in [3.8, 4) is 0 Å². The average molecular weight is 458 g/mol. The third-order valence-corrected chi connectivity index (χ3v) is 12.6. The molecule has 0 aromatic heterocycles. The van der Waals surface area contributed by atoms with Gasteiger partial charge in [-0.3, -0.25) is 9.69 Å². The summed E-state index contributed by atoms with van der Waals surface area (Å²) in [6.07, 6.45) is 3.23. The quantitative estimate of drug-likeness (QED) is 0.431. The summed E-state index contributed by atoms with van der Waals surface area (Å²) >= 11 is 0. The molecule has 0 aliphatic carbocycles. The smallest absolute Gasteiger partial charge is 0.410 e. The molecule has 7 nitrogen and oxygen atoms in total. The van der Waals surface area contributed by atoms with Gasteiger partial charge in [-0.25, -0.2) is 4.79 Å². The number of amides is 1. The summed E-state index contributed by atoms with van der Waals surface area (Å²) in [6.45, 7) is 13.5. The number of hydrogen-bond acceptors (Lipinski definition) is 6. The molecule has 2 aliphatic rings. The molecule has 2 rings (SSSR count). The Labute approximate surface area is 188 Å². The van der Waals surface area contributed by atoms with Crippen molar-refractivity contribution < 1.29 is 28.6 Å². The first-order valence-electron chi connectivity index (χ1n) is 11.6. The van der Waals surface area contributed by atoms with Crippen molar-refractivity contribution in [2.45, 2.75) is 102 Å². The van der Waals surface area contributed by atoms with Gasteiger partial charge in [0.05, 0.1) is 32.3 Å². The zero-order valence-corrected chi connectivity index (χ0v) is 21.7. The fourth-order valence-corrected chi connectivity index (χ4v) is 6.25. The second kappa shape index (κ2) is 9.79. The number of methoxy groups -OCH3 is 2. The van der Waals surface area contributed by atoms with Gasteiger partial charge in [0.15, 0.2) is 8.32 Å². The lowest BCUT2D eigenvalue weighted by Crippen LogP contribution is -2.67. The number of nitrogens with zero attached hydrogens (tertiary/aromatic N) is 1. The van der Waals surface area contributed by atoms with Crippen LogP contribution in [-0.2, 0) is 18.7 Å². The molecule has 0 aromatic carbocycles. The number of aliphatic hydroxyl groups excluding tert-OH is 1. The van der Waals surface area contributed by atoms with Gasteiger partial charge in [-0.05, 0) is 37.4 Å². The fraction of sp³-hybridized carbons (Fsp3) is 0.913. The van der Waals surface area contributed by atoms with Crippen molar-refractivity contribution in [3.63, 3.8) is 0 Å². The van der Waals surface area contributed by atoms with Crippen LogP contribution >= 0.6 is 0 Å². The number of esters is 1. The molecule has 2 fully saturated rings. The molecular weight excluding hydrogens is 414 g/mol. The van der Waals surface area contributed by atoms with Crippen molar-refractivity contribution >= 4 is 20.4 Å². The zero-order valence-electron chi connectivity index (χ0n) is 20.7. The molecular formula is C23H43NO6Si. The second-order valence-electron chi connectivity index (χ2n) is 10.8. The van der Waals surface area contributed by atoms with Crippen LogP contribution < -0.4 is 0 Å². The molecule has 8 heteroatoms. The number of aliphatic hydroxyl groups is 1. The van der Waals surface area contributed by atoms with Crippen LogP contribution in [0.5, 0.6) is 0 Å². The van der Waals surface area contributed by atoms with E-state index in [9.17, 15) is 14.7 Å². The monoisotopic (exact) mass is 457 g/mol. The minimum atomic E-state index is -2.07. The van der Waals surface area contributed by atoms with Gasteiger partial charge in [0.1, 0.15) is 0 Å². The van der Waals surface area contributed by atoms with Crippen LogP contribution in [0.1, 0.15) is 66.2 Å². The highest BCUT2D eigenvalue weighted by molar-refractivity contribution is 6.74. The van der Waals surface area contributed by atoms with E-state index >= 15 is 0 Å². The van der Waals surface area contributed by atoms with Crippen molar-refractivity contribution in [2.24, 2.45) is 11.8 Å². The summed E-state index contributed by atoms with van der Waals surface area (Å²) in [5, 5.41) is 11.6. The molecule has 0 aromatic rings. The molecule has 2 bridgehead atoms. The Bertz CT molecular complexity index is 648. The Morgan fingerprint density at radius 3 is 2.35 bits per heavy atom. The van der Waals surface area contributed by atoms with E-state index in [1.54, 1.807) is 0 Å². The zero-order chi connectivity index (χ0) is 23.6. The summed E-state index contributed by atoms with van der Waals surface area (Å²) in [7, 11) is 0.687. The number of fused-ring (bicyclic) bond motifs is 2. The number of carbonyl (C=O) groups is 2. The van der Waals surface area contributed by atoms with Gasteiger partial charge in [0, 0.05) is 24.5 Å². The summed E-state index contributed by atoms with van der Waals surface area (Å²) in [4.78, 5) is 27.0. The number of ether oxygens (including phenoxy) is 2. The van der Waals surface area contributed by atoms with Crippen molar-refractivity contribution in [3.05, 3.63) is 0 Å². The van der Waals surface area contributed by atoms with Gasteiger partial charge in [0.25, 0.3) is 0 Å². The predicted molar refractivity (Wildman–Crippen MR) is 122 cm³/mol. The highest BCUT2D eigenvalue weighted by Gasteiger charge is 2.63. The predicted octanol–water partition coefficient (Wildman–Crippen LogP) is 4.34. The maximum atomic E-state index is 13.0. The van der Waals surface area contributed by atoms with Crippen LogP contribution in [0.2, 0.25) is 18.1 Å². The van der Waals surface area contributed by atoms with Gasteiger partial charge in [0.2, 0.25) is 0 Å². The maximum absolute atomic E-state index is 13.0. The molecule has 2 heterocycles. The van der Waals surface area contributed by atoms with Crippen LogP contribution in [0.4, 0.5) is 4.79 Å². The number of hydrogen-bond donors (Lipinski definition) is 1. The van der Waals surface area contributed by atoms with E-state index in [0.29, 0.717) is 6.61 Å². The highest BCUT2D eigenvalue weighted by Crippen LogP contribution is 2.54. The maximum Gasteiger partial charge on any atom is 0.410 e. The minimum absolute atomic E-state index is 0.0366. The van der Waals surface area contributed by atoms with Crippen LogP contribution in [0, 0.1) is 11.8 Å². The molecule has 0 spiro atoms. The first-order chi connectivity index (χ1) is 14.4. The van der Waals surface area contributed by atoms with Crippen LogP contribution in [0.3, 0.4) is 0 Å². The number of rotatable bonds is 8. The molecule has 1 N–H and O–H groups in total. The standard InChI is InChI=1S/C23H43NO6Si/c1-9-10-12-23-13-11-18(24(23)21(27)29-6)16(14-19(25)28-5)20(26)17(23)15-30-31(7,8)22(2,3)4/h16-18,20,26H,9-15H2,1-8H3/t16-,17+,18+,20-,23-/m1/s1. The van der Waals surface area contributed by atoms with Gasteiger partial charge >= 0.3 is 12.1 Å². The molecule has 2 aliphatic heterocycles. The van der Waals surface area contributed by atoms with Crippen LogP contribution in [-0.4, -0.2) is 68.9 Å². The van der Waals surface area contributed by atoms with E-state index in [1.807, 2.05) is 4.90 Å². The third-order valence-electron chi connectivity index (χ3n) is 8.11. The number of carbonyl (C=O) groups excluding carboxylic acids is 2. The highest BCUT2D eigenvalue weighted by atomic mass is 28.4. The van der Waals surface area contributed by atoms with E-state index in [-0.39, 0.29) is 35.5 Å². The van der Waals surface area contributed by atoms with Gasteiger partial charge in [-0.1, -0.05) is 40.5 Å². The van der Waals surface area contributed by atoms with Crippen molar-refractivity contribution in [1.29, 1.82) is 0 Å². The molecule has 1 amide bonds. The molecule has 0 radical (unpaired) electrons. The molecule has 31 heavy (non-hydrogen) atoms. The first-order valence-corrected chi connectivity index (χ1v) is 14.5. The fourth-order valence-electron chi connectivity index (χ4n) is 5.22. The average Bonchev–Trinajstić information content (AvgIpc) is 3.03. The van der Waals surface area contributed by atoms with Gasteiger partial charge in [-0.2, -0.15) is 0 Å². The van der Waals surface area contributed by atoms with Crippen molar-refractivity contribution in [2.75, 3.05) is 20.8 Å². The normalized spacial score (nSPS) is 30.9. The van der Waals surface area contributed by atoms with E-state index < -0.39 is 25.9 Å². The van der Waals surface area contributed by atoms with Gasteiger partial charge in [-0.15, -0.1) is 0 Å². The van der Waals surface area contributed by atoms with E-state index in [0.717, 1.165) is 32.1 Å². The van der Waals surface area contributed by atoms with Crippen molar-refractivity contribution in [1.82, 2.24) is 4.90 Å². The third kappa shape index (κ3) is 4.96. The van der Waals surface area contributed by atoms with Crippen LogP contribution in [0.25, 0.3) is 0 Å². The summed E-state index contributed by atoms with van der Waals surface area (Å²) in [5.41, 5.74) is -0.512. The Morgan fingerprint density at radius 2 is 1.84 bits per heavy atom. The lowest BCUT2D eigenvalue weighted by molar-refractivity contribution is -0.151. The summed E-state index contributed by atoms with van der Waals surface area (Å²) in [5.74, 6) is -1.04. The molecule has 180 valence electrons. The van der Waals surface area contributed by atoms with Gasteiger partial charge < -0.3 is 19.0 Å². The topological polar surface area (TPSA) is 85.3 Å². The Balaban J connectivity index is 2.47. The summed E-state index contributed by atoms with van der Waals surface area (Å²) in [6, 6.07) is -0.234. The van der Waals surface area contributed by atoms with E-state index in [4.69, 9.17) is 13.9 Å². The van der Waals surface area contributed by atoms with E-state index in [1.165, 1.54) is 14.2 Å². The lowest BCUT2D eigenvalue weighted by Gasteiger charge is -2.55. The second-order valence-corrected chi connectivity index (χ2v) is 15.6. The molecule has 2 saturated heterocycles. The molecule has 0 unspecified atom stereocenters. The SMILES string of the molecule is CCCC[C@@]12CC[C@@H]([C@@H](CC(=O)OC)[C@@H](O)[C@@H]1CO[Si](C)(C)C(C)(C)C)N2C(=O)OC. The van der Waals surface area contributed by atoms with Crippen LogP contribution in [0.15, 0.2) is 0 Å². The molecule has 5 atom stereocenters. The Kier molecular flexibility index (Phi) is 8.25.